The van der Waals surface area contributed by atoms with Gasteiger partial charge in [-0.3, -0.25) is 0 Å². The monoisotopic (exact) mass is 1470 g/mol. The van der Waals surface area contributed by atoms with Crippen molar-refractivity contribution in [3.05, 3.63) is 388 Å². The molecule has 4 aromatic heterocycles. The lowest BCUT2D eigenvalue weighted by molar-refractivity contribution is 0.672. The van der Waals surface area contributed by atoms with Gasteiger partial charge in [-0.15, -0.1) is 0 Å². The van der Waals surface area contributed by atoms with Crippen LogP contribution in [0.5, 0.6) is 0 Å². The molecule has 0 aliphatic carbocycles. The first-order valence-corrected chi connectivity index (χ1v) is 39.8. The van der Waals surface area contributed by atoms with Crippen molar-refractivity contribution in [1.82, 2.24) is 0 Å². The van der Waals surface area contributed by atoms with Crippen LogP contribution in [0.25, 0.3) is 262 Å². The molecule has 4 nitrogen and oxygen atoms in total. The fourth-order valence-corrected chi connectivity index (χ4v) is 19.7. The zero-order valence-corrected chi connectivity index (χ0v) is 62.6. The van der Waals surface area contributed by atoms with E-state index in [9.17, 15) is 0 Å². The van der Waals surface area contributed by atoms with E-state index in [2.05, 4.69) is 376 Å². The highest BCUT2D eigenvalue weighted by Gasteiger charge is 2.26. The number of furan rings is 4. The zero-order valence-electron chi connectivity index (χ0n) is 62.6. The van der Waals surface area contributed by atoms with Gasteiger partial charge in [0.05, 0.1) is 0 Å². The predicted molar refractivity (Wildman–Crippen MR) is 490 cm³/mol. The molecule has 0 amide bonds. The summed E-state index contributed by atoms with van der Waals surface area (Å²) in [6.45, 7) is 0. The van der Waals surface area contributed by atoms with E-state index in [-0.39, 0.29) is 0 Å². The van der Waals surface area contributed by atoms with Gasteiger partial charge in [-0.25, -0.2) is 0 Å². The maximum Gasteiger partial charge on any atom is 0.143 e. The predicted octanol–water partition coefficient (Wildman–Crippen LogP) is 32.5. The summed E-state index contributed by atoms with van der Waals surface area (Å²) in [7, 11) is 0. The highest BCUT2D eigenvalue weighted by Crippen LogP contribution is 2.53. The Morgan fingerprint density at radius 1 is 0.129 bits per heavy atom. The molecule has 0 saturated heterocycles. The third kappa shape index (κ3) is 9.62. The van der Waals surface area contributed by atoms with Crippen LogP contribution in [-0.4, -0.2) is 0 Å². The van der Waals surface area contributed by atoms with Crippen LogP contribution >= 0.6 is 0 Å². The maximum absolute atomic E-state index is 6.72. The van der Waals surface area contributed by atoms with Crippen molar-refractivity contribution in [1.29, 1.82) is 0 Å². The van der Waals surface area contributed by atoms with Crippen molar-refractivity contribution in [3.63, 3.8) is 0 Å². The van der Waals surface area contributed by atoms with E-state index in [0.717, 1.165) is 120 Å². The molecule has 0 fully saturated rings. The molecule has 116 heavy (non-hydrogen) atoms. The highest BCUT2D eigenvalue weighted by atomic mass is 16.3. The maximum atomic E-state index is 6.72. The van der Waals surface area contributed by atoms with Crippen LogP contribution in [0.3, 0.4) is 0 Å². The molecule has 22 aromatic carbocycles. The molecule has 4 heteroatoms. The first-order chi connectivity index (χ1) is 57.5. The second-order valence-corrected chi connectivity index (χ2v) is 31.0. The van der Waals surface area contributed by atoms with Gasteiger partial charge in [0.15, 0.2) is 0 Å². The molecule has 0 aliphatic rings. The molecular weight excluding hydrogens is 1410 g/mol. The number of hydrogen-bond acceptors (Lipinski definition) is 4. The minimum absolute atomic E-state index is 0.896. The van der Waals surface area contributed by atoms with Crippen LogP contribution in [0.15, 0.2) is 406 Å². The van der Waals surface area contributed by atoms with E-state index in [4.69, 9.17) is 17.7 Å². The lowest BCUT2D eigenvalue weighted by Gasteiger charge is -2.19. The summed E-state index contributed by atoms with van der Waals surface area (Å²) in [5.74, 6) is 0. The first-order valence-electron chi connectivity index (χ1n) is 39.8. The molecule has 4 heterocycles. The molecule has 0 radical (unpaired) electrons. The molecule has 0 saturated carbocycles. The molecule has 0 unspecified atom stereocenters. The second-order valence-electron chi connectivity index (χ2n) is 31.0. The quantitative estimate of drug-likeness (QED) is 0.156. The van der Waals surface area contributed by atoms with Crippen molar-refractivity contribution < 1.29 is 17.7 Å². The number of rotatable bonds is 6. The summed E-state index contributed by atoms with van der Waals surface area (Å²) in [4.78, 5) is 0. The summed E-state index contributed by atoms with van der Waals surface area (Å²) in [6.07, 6.45) is 0. The number of para-hydroxylation sites is 4. The topological polar surface area (TPSA) is 52.6 Å². The van der Waals surface area contributed by atoms with Gasteiger partial charge in [0, 0.05) is 64.6 Å². The largest absolute Gasteiger partial charge is 0.455 e. The molecule has 0 aliphatic heterocycles. The lowest BCUT2D eigenvalue weighted by atomic mass is 9.84. The van der Waals surface area contributed by atoms with E-state index in [0.29, 0.717) is 0 Å². The van der Waals surface area contributed by atoms with E-state index in [1.165, 1.54) is 142 Å². The number of hydrogen-bond donors (Lipinski definition) is 0. The summed E-state index contributed by atoms with van der Waals surface area (Å²) in [5, 5.41) is 32.8. The number of benzene rings is 22. The first kappa shape index (κ1) is 64.3. The van der Waals surface area contributed by atoms with Crippen LogP contribution in [0.1, 0.15) is 0 Å². The Bertz CT molecular complexity index is 8320. The van der Waals surface area contributed by atoms with Gasteiger partial charge in [0.2, 0.25) is 0 Å². The van der Waals surface area contributed by atoms with Crippen LogP contribution in [0, 0.1) is 0 Å². The van der Waals surface area contributed by atoms with Gasteiger partial charge in [-0.05, 0) is 226 Å². The van der Waals surface area contributed by atoms with E-state index >= 15 is 0 Å². The van der Waals surface area contributed by atoms with Gasteiger partial charge in [0.25, 0.3) is 0 Å². The molecule has 26 rings (SSSR count). The normalized spacial score (nSPS) is 12.1. The molecule has 0 bridgehead atoms. The SMILES string of the molecule is c1ccc2cc(-c3c4cccc(-c5cc6c7ccccc7oc6c6ccccc56)c4cc4c(-c5cc6c7ccccc7oc6c6ccccc56)cccc34)ccc2c1.c1ccc2cc(-c3c4cccc(-c5cc6ccccc6c6oc7ccccc7c56)c4cc4c(-c5cc6ccccc6c6oc7ccccc7c56)cccc34)ccc2c1. The Labute approximate surface area is 663 Å². The average molecular weight is 1470 g/mol. The van der Waals surface area contributed by atoms with Crippen LogP contribution < -0.4 is 0 Å². The molecule has 26 aromatic rings. The van der Waals surface area contributed by atoms with E-state index in [1.54, 1.807) is 0 Å². The van der Waals surface area contributed by atoms with E-state index in [1.807, 2.05) is 12.1 Å². The van der Waals surface area contributed by atoms with Crippen molar-refractivity contribution in [3.8, 4) is 66.8 Å². The summed E-state index contributed by atoms with van der Waals surface area (Å²) in [5.41, 5.74) is 21.6. The van der Waals surface area contributed by atoms with Gasteiger partial charge in [-0.1, -0.05) is 315 Å². The Hall–Kier alpha value is -15.4. The summed E-state index contributed by atoms with van der Waals surface area (Å²) in [6, 6.07) is 141. The molecular formula is C112H64O4. The zero-order chi connectivity index (χ0) is 75.8. The fraction of sp³-hybridized carbons (Fsp3) is 0. The fourth-order valence-electron chi connectivity index (χ4n) is 19.7. The Morgan fingerprint density at radius 2 is 0.414 bits per heavy atom. The summed E-state index contributed by atoms with van der Waals surface area (Å²) < 4.78 is 26.5. The van der Waals surface area contributed by atoms with Crippen molar-refractivity contribution in [2.45, 2.75) is 0 Å². The average Bonchev–Trinajstić information content (AvgIpc) is 1.08. The minimum Gasteiger partial charge on any atom is -0.455 e. The third-order valence-corrected chi connectivity index (χ3v) is 24.8. The summed E-state index contributed by atoms with van der Waals surface area (Å²) >= 11 is 0. The molecule has 0 spiro atoms. The van der Waals surface area contributed by atoms with Gasteiger partial charge < -0.3 is 17.7 Å². The van der Waals surface area contributed by atoms with Crippen LogP contribution in [0.4, 0.5) is 0 Å². The second kappa shape index (κ2) is 25.1. The minimum atomic E-state index is 0.896. The standard InChI is InChI=1S/2C56H32O2/c1-2-14-34-29-35(28-27-33(34)13-1)54-42-23-11-21-38(46-31-50-40-17-7-9-25-52(40)57-55(50)44-19-5-3-15-36(44)46)48(42)30-49-39(22-12-24-43(49)54)47-32-51-41-18-8-10-26-53(41)58-56(51)45-20-6-4-16-37(45)47;1-2-14-34-29-37(28-27-33(34)13-1)52-42-23-11-21-40(48-30-35-15-3-5-17-38(35)55-53(48)44-19-7-9-25-50(44)57-55)46(42)32-47-41(22-12-24-43(47)52)49-31-36-16-4-6-18-39(36)56-54(49)45-20-8-10-26-51(45)58-56/h2*1-32H. The Kier molecular flexibility index (Phi) is 13.9. The van der Waals surface area contributed by atoms with Gasteiger partial charge >= 0.3 is 0 Å². The smallest absolute Gasteiger partial charge is 0.143 e. The Balaban J connectivity index is 0.000000130. The van der Waals surface area contributed by atoms with Gasteiger partial charge in [0.1, 0.15) is 44.7 Å². The van der Waals surface area contributed by atoms with Crippen LogP contribution in [-0.2, 0) is 0 Å². The van der Waals surface area contributed by atoms with E-state index < -0.39 is 0 Å². The van der Waals surface area contributed by atoms with Crippen LogP contribution in [0.2, 0.25) is 0 Å². The van der Waals surface area contributed by atoms with Crippen molar-refractivity contribution in [2.24, 2.45) is 0 Å². The highest BCUT2D eigenvalue weighted by molar-refractivity contribution is 6.30. The molecule has 0 N–H and O–H groups in total. The van der Waals surface area contributed by atoms with Crippen molar-refractivity contribution >= 4 is 195 Å². The molecule has 0 atom stereocenters. The van der Waals surface area contributed by atoms with Crippen molar-refractivity contribution in [2.75, 3.05) is 0 Å². The molecule has 536 valence electrons. The third-order valence-electron chi connectivity index (χ3n) is 24.8. The van der Waals surface area contributed by atoms with Gasteiger partial charge in [-0.2, -0.15) is 0 Å². The lowest BCUT2D eigenvalue weighted by Crippen LogP contribution is -1.92. The number of fused-ring (bicyclic) bond motifs is 26. The Morgan fingerprint density at radius 3 is 0.802 bits per heavy atom.